The molecule has 2 aliphatic carbocycles. The summed E-state index contributed by atoms with van der Waals surface area (Å²) in [5, 5.41) is 0. The molecular weight excluding hydrogens is 232 g/mol. The number of hydrogen-bond donors (Lipinski definition) is 0. The fourth-order valence-electron chi connectivity index (χ4n) is 3.74. The molecule has 0 N–H and O–H groups in total. The van der Waals surface area contributed by atoms with E-state index in [0.29, 0.717) is 12.8 Å². The van der Waals surface area contributed by atoms with Crippen LogP contribution < -0.4 is 0 Å². The second kappa shape index (κ2) is 4.13. The summed E-state index contributed by atoms with van der Waals surface area (Å²) in [6.07, 6.45) is -2.99. The van der Waals surface area contributed by atoms with Crippen molar-refractivity contribution < 1.29 is 17.6 Å². The van der Waals surface area contributed by atoms with E-state index in [0.717, 1.165) is 0 Å². The molecule has 0 bridgehead atoms. The van der Waals surface area contributed by atoms with E-state index in [1.54, 1.807) is 20.8 Å². The van der Waals surface area contributed by atoms with Crippen LogP contribution in [-0.4, -0.2) is 18.3 Å². The summed E-state index contributed by atoms with van der Waals surface area (Å²) in [5.74, 6) is -6.23. The van der Waals surface area contributed by atoms with Gasteiger partial charge in [0.1, 0.15) is 12.3 Å². The second-order valence-electron chi connectivity index (χ2n) is 6.15. The van der Waals surface area contributed by atoms with Crippen molar-refractivity contribution in [2.75, 3.05) is 0 Å². The van der Waals surface area contributed by atoms with E-state index in [4.69, 9.17) is 0 Å². The van der Waals surface area contributed by atoms with Crippen molar-refractivity contribution in [1.29, 1.82) is 0 Å². The van der Waals surface area contributed by atoms with Gasteiger partial charge in [-0.2, -0.15) is 0 Å². The molecule has 6 unspecified atom stereocenters. The summed E-state index contributed by atoms with van der Waals surface area (Å²) in [5.41, 5.74) is 0. The van der Waals surface area contributed by atoms with E-state index in [1.165, 1.54) is 0 Å². The van der Waals surface area contributed by atoms with Crippen LogP contribution >= 0.6 is 0 Å². The van der Waals surface area contributed by atoms with Crippen molar-refractivity contribution in [1.82, 2.24) is 0 Å². The molecule has 0 aliphatic heterocycles. The highest BCUT2D eigenvalue weighted by Crippen LogP contribution is 2.58. The average Bonchev–Trinajstić information content (AvgIpc) is 2.46. The van der Waals surface area contributed by atoms with Crippen LogP contribution in [0, 0.1) is 29.6 Å². The quantitative estimate of drug-likeness (QED) is 0.612. The molecule has 0 saturated heterocycles. The first-order valence-electron chi connectivity index (χ1n) is 6.42. The summed E-state index contributed by atoms with van der Waals surface area (Å²) in [6.45, 7) is 5.09. The first-order valence-corrected chi connectivity index (χ1v) is 6.42. The smallest absolute Gasteiger partial charge is 0.244 e. The molecule has 0 aromatic carbocycles. The van der Waals surface area contributed by atoms with Crippen LogP contribution in [0.1, 0.15) is 33.6 Å². The molecule has 0 amide bonds. The van der Waals surface area contributed by atoms with Crippen molar-refractivity contribution in [2.24, 2.45) is 29.6 Å². The molecule has 0 aromatic heterocycles. The third kappa shape index (κ3) is 1.88. The Labute approximate surface area is 99.8 Å². The van der Waals surface area contributed by atoms with Crippen LogP contribution in [0.15, 0.2) is 0 Å². The minimum Gasteiger partial charge on any atom is -0.244 e. The summed E-state index contributed by atoms with van der Waals surface area (Å²) in [6, 6.07) is 0. The number of alkyl halides is 4. The first-order chi connectivity index (χ1) is 7.76. The molecule has 2 aliphatic rings. The monoisotopic (exact) mass is 252 g/mol. The maximum absolute atomic E-state index is 14.1. The Kier molecular flexibility index (Phi) is 3.20. The maximum Gasteiger partial charge on any atom is 0.257 e. The van der Waals surface area contributed by atoms with Gasteiger partial charge in [-0.1, -0.05) is 20.8 Å². The Morgan fingerprint density at radius 1 is 1.06 bits per heavy atom. The van der Waals surface area contributed by atoms with Gasteiger partial charge < -0.3 is 0 Å². The lowest BCUT2D eigenvalue weighted by Gasteiger charge is -2.38. The zero-order chi connectivity index (χ0) is 13.0. The summed E-state index contributed by atoms with van der Waals surface area (Å²) in [4.78, 5) is 0. The molecule has 0 radical (unpaired) electrons. The standard InChI is InChI=1S/C13H20F4/c1-6(2)9-5-8-4-7(3)11(14)12(15)10(8)13(9,16)17/h6-12H,4-5H2,1-3H3. The number of fused-ring (bicyclic) bond motifs is 1. The van der Waals surface area contributed by atoms with Gasteiger partial charge in [-0.25, -0.2) is 17.6 Å². The SMILES string of the molecule is CC(C)C1CC2CC(C)C(F)C(F)C2C1(F)F. The fourth-order valence-corrected chi connectivity index (χ4v) is 3.74. The van der Waals surface area contributed by atoms with Crippen molar-refractivity contribution in [2.45, 2.75) is 51.9 Å². The Hall–Kier alpha value is -0.280. The molecule has 0 aromatic rings. The van der Waals surface area contributed by atoms with Crippen molar-refractivity contribution in [3.63, 3.8) is 0 Å². The molecule has 0 nitrogen and oxygen atoms in total. The number of rotatable bonds is 1. The van der Waals surface area contributed by atoms with Crippen LogP contribution in [-0.2, 0) is 0 Å². The molecule has 6 atom stereocenters. The molecule has 4 heteroatoms. The highest BCUT2D eigenvalue weighted by atomic mass is 19.3. The van der Waals surface area contributed by atoms with Gasteiger partial charge in [-0.15, -0.1) is 0 Å². The molecule has 2 saturated carbocycles. The number of halogens is 4. The van der Waals surface area contributed by atoms with Crippen LogP contribution in [0.2, 0.25) is 0 Å². The van der Waals surface area contributed by atoms with Gasteiger partial charge in [0.15, 0.2) is 0 Å². The summed E-state index contributed by atoms with van der Waals surface area (Å²) >= 11 is 0. The van der Waals surface area contributed by atoms with Crippen LogP contribution in [0.5, 0.6) is 0 Å². The van der Waals surface area contributed by atoms with E-state index in [-0.39, 0.29) is 11.8 Å². The molecule has 17 heavy (non-hydrogen) atoms. The zero-order valence-electron chi connectivity index (χ0n) is 10.5. The lowest BCUT2D eigenvalue weighted by Crippen LogP contribution is -2.47. The highest BCUT2D eigenvalue weighted by Gasteiger charge is 2.64. The molecule has 2 rings (SSSR count). The maximum atomic E-state index is 14.1. The van der Waals surface area contributed by atoms with E-state index in [1.807, 2.05) is 0 Å². The molecule has 100 valence electrons. The zero-order valence-corrected chi connectivity index (χ0v) is 10.5. The predicted octanol–water partition coefficient (Wildman–Crippen LogP) is 4.25. The minimum atomic E-state index is -3.05. The van der Waals surface area contributed by atoms with Gasteiger partial charge in [-0.05, 0) is 30.6 Å². The summed E-state index contributed by atoms with van der Waals surface area (Å²) < 4.78 is 55.7. The Balaban J connectivity index is 2.28. The molecule has 2 fully saturated rings. The van der Waals surface area contributed by atoms with E-state index < -0.39 is 36.0 Å². The average molecular weight is 252 g/mol. The van der Waals surface area contributed by atoms with Crippen LogP contribution in [0.3, 0.4) is 0 Å². The Morgan fingerprint density at radius 3 is 2.18 bits per heavy atom. The van der Waals surface area contributed by atoms with Crippen molar-refractivity contribution in [3.05, 3.63) is 0 Å². The summed E-state index contributed by atoms with van der Waals surface area (Å²) in [7, 11) is 0. The molecule has 0 spiro atoms. The van der Waals surface area contributed by atoms with Crippen LogP contribution in [0.4, 0.5) is 17.6 Å². The lowest BCUT2D eigenvalue weighted by atomic mass is 9.73. The van der Waals surface area contributed by atoms with Gasteiger partial charge in [0, 0.05) is 5.92 Å². The van der Waals surface area contributed by atoms with Gasteiger partial charge in [0.05, 0.1) is 5.92 Å². The third-order valence-corrected chi connectivity index (χ3v) is 4.67. The minimum absolute atomic E-state index is 0.184. The van der Waals surface area contributed by atoms with Crippen molar-refractivity contribution in [3.8, 4) is 0 Å². The van der Waals surface area contributed by atoms with Crippen molar-refractivity contribution >= 4 is 0 Å². The first kappa shape index (κ1) is 13.2. The second-order valence-corrected chi connectivity index (χ2v) is 6.15. The lowest BCUT2D eigenvalue weighted by molar-refractivity contribution is -0.141. The third-order valence-electron chi connectivity index (χ3n) is 4.67. The van der Waals surface area contributed by atoms with Gasteiger partial charge in [0.2, 0.25) is 0 Å². The predicted molar refractivity (Wildman–Crippen MR) is 58.4 cm³/mol. The van der Waals surface area contributed by atoms with Gasteiger partial charge in [-0.3, -0.25) is 0 Å². The molecule has 0 heterocycles. The van der Waals surface area contributed by atoms with Gasteiger partial charge >= 0.3 is 0 Å². The highest BCUT2D eigenvalue weighted by molar-refractivity contribution is 5.06. The Morgan fingerprint density at radius 2 is 1.65 bits per heavy atom. The normalized spacial score (nSPS) is 49.4. The fraction of sp³-hybridized carbons (Fsp3) is 1.00. The van der Waals surface area contributed by atoms with Gasteiger partial charge in [0.25, 0.3) is 5.92 Å². The van der Waals surface area contributed by atoms with E-state index in [2.05, 4.69) is 0 Å². The van der Waals surface area contributed by atoms with E-state index in [9.17, 15) is 17.6 Å². The largest absolute Gasteiger partial charge is 0.257 e. The topological polar surface area (TPSA) is 0 Å². The van der Waals surface area contributed by atoms with E-state index >= 15 is 0 Å². The van der Waals surface area contributed by atoms with Crippen LogP contribution in [0.25, 0.3) is 0 Å². The molecular formula is C13H20F4. The Bertz CT molecular complexity index is 289. The number of hydrogen-bond acceptors (Lipinski definition) is 0.